The summed E-state index contributed by atoms with van der Waals surface area (Å²) < 4.78 is 42.5. The first-order chi connectivity index (χ1) is 21.1. The Morgan fingerprint density at radius 3 is 2.53 bits per heavy atom. The number of likely N-dealkylation sites (N-methyl/N-ethyl adjacent to an activating group) is 1. The predicted octanol–water partition coefficient (Wildman–Crippen LogP) is 6.59. The molecular formula is C32H36ClF3N8O. The van der Waals surface area contributed by atoms with Crippen molar-refractivity contribution < 1.29 is 18.0 Å². The second-order valence-corrected chi connectivity index (χ2v) is 10.8. The summed E-state index contributed by atoms with van der Waals surface area (Å²) in [6.07, 6.45) is 2.66. The number of rotatable bonds is 10. The van der Waals surface area contributed by atoms with Crippen LogP contribution in [0.2, 0.25) is 0 Å². The molecule has 5 rings (SSSR count). The number of aryl methyl sites for hydroxylation is 1. The molecule has 1 amide bonds. The van der Waals surface area contributed by atoms with Gasteiger partial charge < -0.3 is 10.6 Å². The molecule has 0 radical (unpaired) electrons. The SMILES string of the molecule is CCN(CC)C1CCN(Cc2ccc(C(=O)Nc3ccc(C)c(Nc4nccc(-c5cncnc5)n4)c3)cc2C(F)(F)F)C1.Cl. The van der Waals surface area contributed by atoms with Crippen molar-refractivity contribution in [3.05, 3.63) is 89.6 Å². The van der Waals surface area contributed by atoms with Crippen molar-refractivity contribution >= 4 is 35.6 Å². The molecule has 9 nitrogen and oxygen atoms in total. The molecule has 1 atom stereocenters. The minimum absolute atomic E-state index is 0. The number of benzene rings is 2. The summed E-state index contributed by atoms with van der Waals surface area (Å²) in [5.41, 5.74) is 2.56. The summed E-state index contributed by atoms with van der Waals surface area (Å²) in [7, 11) is 0. The molecule has 0 aliphatic carbocycles. The van der Waals surface area contributed by atoms with E-state index in [2.05, 4.69) is 54.2 Å². The third-order valence-electron chi connectivity index (χ3n) is 7.90. The predicted molar refractivity (Wildman–Crippen MR) is 171 cm³/mol. The zero-order valence-electron chi connectivity index (χ0n) is 25.3. The first-order valence-electron chi connectivity index (χ1n) is 14.6. The zero-order chi connectivity index (χ0) is 31.3. The van der Waals surface area contributed by atoms with Gasteiger partial charge in [0, 0.05) is 66.8 Å². The van der Waals surface area contributed by atoms with Gasteiger partial charge in [0.2, 0.25) is 5.95 Å². The normalized spacial score (nSPS) is 15.1. The number of hydrogen-bond acceptors (Lipinski definition) is 8. The third-order valence-corrected chi connectivity index (χ3v) is 7.90. The van der Waals surface area contributed by atoms with Gasteiger partial charge in [-0.1, -0.05) is 26.0 Å². The fourth-order valence-corrected chi connectivity index (χ4v) is 5.52. The maximum Gasteiger partial charge on any atom is 0.416 e. The van der Waals surface area contributed by atoms with E-state index < -0.39 is 17.6 Å². The van der Waals surface area contributed by atoms with E-state index in [0.717, 1.165) is 49.8 Å². The van der Waals surface area contributed by atoms with Crippen LogP contribution in [0.5, 0.6) is 0 Å². The molecule has 1 saturated heterocycles. The Morgan fingerprint density at radius 1 is 1.07 bits per heavy atom. The monoisotopic (exact) mass is 640 g/mol. The van der Waals surface area contributed by atoms with Crippen LogP contribution in [0.4, 0.5) is 30.5 Å². The number of carbonyl (C=O) groups excluding carboxylic acids is 1. The number of nitrogens with one attached hydrogen (secondary N) is 2. The van der Waals surface area contributed by atoms with E-state index in [-0.39, 0.29) is 30.1 Å². The highest BCUT2D eigenvalue weighted by Gasteiger charge is 2.35. The lowest BCUT2D eigenvalue weighted by Gasteiger charge is -2.26. The maximum atomic E-state index is 14.2. The van der Waals surface area contributed by atoms with Crippen LogP contribution in [0.3, 0.4) is 0 Å². The van der Waals surface area contributed by atoms with E-state index in [4.69, 9.17) is 0 Å². The van der Waals surface area contributed by atoms with Crippen LogP contribution >= 0.6 is 12.4 Å². The number of hydrogen-bond donors (Lipinski definition) is 2. The zero-order valence-corrected chi connectivity index (χ0v) is 26.1. The van der Waals surface area contributed by atoms with Crippen molar-refractivity contribution in [1.29, 1.82) is 0 Å². The standard InChI is InChI=1S/C32H35F3N8O.ClH/c1-4-43(5-2)26-11-13-42(19-26)18-23-8-7-22(14-27(23)32(33,34)35)30(44)39-25-9-6-21(3)29(15-25)41-31-38-12-10-28(40-31)24-16-36-20-37-17-24;/h6-10,12,14-17,20,26H,4-5,11,13,18-19H2,1-3H3,(H,39,44)(H,38,40,41);1H. The molecule has 1 unspecified atom stereocenters. The fraction of sp³-hybridized carbons (Fsp3) is 0.344. The van der Waals surface area contributed by atoms with Crippen LogP contribution in [0.25, 0.3) is 11.3 Å². The van der Waals surface area contributed by atoms with Gasteiger partial charge in [0.1, 0.15) is 6.33 Å². The number of likely N-dealkylation sites (tertiary alicyclic amines) is 1. The molecule has 45 heavy (non-hydrogen) atoms. The van der Waals surface area contributed by atoms with Crippen LogP contribution in [-0.4, -0.2) is 67.9 Å². The van der Waals surface area contributed by atoms with Gasteiger partial charge in [0.05, 0.1) is 11.3 Å². The van der Waals surface area contributed by atoms with Crippen LogP contribution in [0, 0.1) is 6.92 Å². The van der Waals surface area contributed by atoms with E-state index in [1.54, 1.807) is 42.9 Å². The van der Waals surface area contributed by atoms with Gasteiger partial charge in [-0.05, 0) is 67.9 Å². The molecule has 2 N–H and O–H groups in total. The molecule has 2 aromatic heterocycles. The minimum atomic E-state index is -4.59. The van der Waals surface area contributed by atoms with E-state index >= 15 is 0 Å². The number of aromatic nitrogens is 4. The number of carbonyl (C=O) groups is 1. The topological polar surface area (TPSA) is 99.2 Å². The van der Waals surface area contributed by atoms with Crippen molar-refractivity contribution in [3.8, 4) is 11.3 Å². The molecule has 3 heterocycles. The largest absolute Gasteiger partial charge is 0.416 e. The van der Waals surface area contributed by atoms with Crippen molar-refractivity contribution in [2.24, 2.45) is 0 Å². The van der Waals surface area contributed by atoms with Crippen LogP contribution in [0.15, 0.2) is 67.4 Å². The Labute approximate surface area is 266 Å². The maximum absolute atomic E-state index is 14.2. The van der Waals surface area contributed by atoms with E-state index in [9.17, 15) is 18.0 Å². The average Bonchev–Trinajstić information content (AvgIpc) is 3.47. The Hall–Kier alpha value is -4.13. The lowest BCUT2D eigenvalue weighted by atomic mass is 10.0. The molecule has 13 heteroatoms. The second-order valence-electron chi connectivity index (χ2n) is 10.8. The van der Waals surface area contributed by atoms with Gasteiger partial charge in [-0.25, -0.2) is 19.9 Å². The van der Waals surface area contributed by atoms with Crippen LogP contribution < -0.4 is 10.6 Å². The Balaban J connectivity index is 0.00000461. The fourth-order valence-electron chi connectivity index (χ4n) is 5.52. The van der Waals surface area contributed by atoms with Gasteiger partial charge in [0.25, 0.3) is 5.91 Å². The molecule has 238 valence electrons. The highest BCUT2D eigenvalue weighted by Crippen LogP contribution is 2.34. The Bertz CT molecular complexity index is 1600. The smallest absolute Gasteiger partial charge is 0.324 e. The van der Waals surface area contributed by atoms with Gasteiger partial charge >= 0.3 is 6.18 Å². The summed E-state index contributed by atoms with van der Waals surface area (Å²) in [6, 6.07) is 11.1. The molecule has 1 aliphatic rings. The second kappa shape index (κ2) is 14.8. The number of nitrogens with zero attached hydrogens (tertiary/aromatic N) is 6. The number of anilines is 3. The summed E-state index contributed by atoms with van der Waals surface area (Å²) in [4.78, 5) is 34.4. The molecule has 4 aromatic rings. The molecule has 0 saturated carbocycles. The van der Waals surface area contributed by atoms with Crippen molar-refractivity contribution in [3.63, 3.8) is 0 Å². The first kappa shape index (κ1) is 33.8. The Kier molecular flexibility index (Phi) is 11.1. The van der Waals surface area contributed by atoms with Crippen LogP contribution in [0.1, 0.15) is 47.3 Å². The third kappa shape index (κ3) is 8.33. The van der Waals surface area contributed by atoms with Crippen LogP contribution in [-0.2, 0) is 12.7 Å². The van der Waals surface area contributed by atoms with Crippen molar-refractivity contribution in [2.75, 3.05) is 36.8 Å². The molecule has 0 spiro atoms. The van der Waals surface area contributed by atoms with Crippen molar-refractivity contribution in [1.82, 2.24) is 29.7 Å². The summed E-state index contributed by atoms with van der Waals surface area (Å²) >= 11 is 0. The molecule has 0 bridgehead atoms. The lowest BCUT2D eigenvalue weighted by Crippen LogP contribution is -2.37. The van der Waals surface area contributed by atoms with Gasteiger partial charge in [-0.2, -0.15) is 13.2 Å². The first-order valence-corrected chi connectivity index (χ1v) is 14.6. The molecule has 2 aromatic carbocycles. The highest BCUT2D eigenvalue weighted by molar-refractivity contribution is 6.04. The average molecular weight is 641 g/mol. The summed E-state index contributed by atoms with van der Waals surface area (Å²) in [6.45, 7) is 9.54. The van der Waals surface area contributed by atoms with E-state index in [1.165, 1.54) is 18.5 Å². The summed E-state index contributed by atoms with van der Waals surface area (Å²) in [5.74, 6) is -0.313. The molecule has 1 aliphatic heterocycles. The van der Waals surface area contributed by atoms with E-state index in [1.807, 2.05) is 6.92 Å². The van der Waals surface area contributed by atoms with Gasteiger partial charge in [-0.3, -0.25) is 14.6 Å². The number of alkyl halides is 3. The highest BCUT2D eigenvalue weighted by atomic mass is 35.5. The summed E-state index contributed by atoms with van der Waals surface area (Å²) in [5, 5.41) is 5.88. The Morgan fingerprint density at radius 2 is 1.82 bits per heavy atom. The van der Waals surface area contributed by atoms with Gasteiger partial charge in [0.15, 0.2) is 0 Å². The lowest BCUT2D eigenvalue weighted by molar-refractivity contribution is -0.138. The number of amides is 1. The van der Waals surface area contributed by atoms with Crippen molar-refractivity contribution in [2.45, 2.75) is 46.0 Å². The van der Waals surface area contributed by atoms with Gasteiger partial charge in [-0.15, -0.1) is 12.4 Å². The minimum Gasteiger partial charge on any atom is -0.324 e. The quantitative estimate of drug-likeness (QED) is 0.200. The molecule has 1 fully saturated rings. The van der Waals surface area contributed by atoms with E-state index in [0.29, 0.717) is 29.1 Å². The molecular weight excluding hydrogens is 605 g/mol. The number of halogens is 4.